The van der Waals surface area contributed by atoms with Crippen molar-refractivity contribution in [3.63, 3.8) is 0 Å². The Kier molecular flexibility index (Phi) is 37.0. The van der Waals surface area contributed by atoms with Gasteiger partial charge in [-0.25, -0.2) is 0 Å². The zero-order chi connectivity index (χ0) is 28.2. The van der Waals surface area contributed by atoms with Gasteiger partial charge in [-0.3, -0.25) is 0 Å². The molecule has 0 rings (SSSR count). The standard InChI is InChI=1S/C26H55NO12/c1-28-7-9-32-15-17-36-23-25-38-21-19-34-13-11-30-5-3-27-4-6-31-12-14-35-20-22-39-26-24-37-18-16-33-10-8-29-2/h27H,3-26H2,1-2H3. The fourth-order valence-corrected chi connectivity index (χ4v) is 2.66. The summed E-state index contributed by atoms with van der Waals surface area (Å²) in [6.45, 7) is 13.9. The third kappa shape index (κ3) is 37.5. The Hall–Kier alpha value is -0.520. The van der Waals surface area contributed by atoms with Gasteiger partial charge in [0.1, 0.15) is 0 Å². The molecular formula is C26H55NO12. The van der Waals surface area contributed by atoms with Gasteiger partial charge in [0.15, 0.2) is 0 Å². The number of ether oxygens (including phenoxy) is 12. The highest BCUT2D eigenvalue weighted by atomic mass is 16.6. The molecule has 13 heteroatoms. The number of nitrogens with one attached hydrogen (secondary N) is 1. The lowest BCUT2D eigenvalue weighted by molar-refractivity contribution is -0.0152. The summed E-state index contributed by atoms with van der Waals surface area (Å²) >= 11 is 0. The Morgan fingerprint density at radius 1 is 0.256 bits per heavy atom. The molecule has 0 aliphatic rings. The van der Waals surface area contributed by atoms with Crippen molar-refractivity contribution in [1.82, 2.24) is 5.32 Å². The molecule has 0 spiro atoms. The van der Waals surface area contributed by atoms with Crippen LogP contribution in [0, 0.1) is 0 Å². The maximum absolute atomic E-state index is 5.52. The molecule has 0 aliphatic carbocycles. The van der Waals surface area contributed by atoms with Crippen LogP contribution in [0.2, 0.25) is 0 Å². The normalized spacial score (nSPS) is 11.5. The van der Waals surface area contributed by atoms with E-state index in [0.29, 0.717) is 145 Å². The van der Waals surface area contributed by atoms with Crippen LogP contribution in [0.3, 0.4) is 0 Å². The number of rotatable bonds is 36. The van der Waals surface area contributed by atoms with Crippen LogP contribution < -0.4 is 5.32 Å². The van der Waals surface area contributed by atoms with Gasteiger partial charge in [-0.05, 0) is 0 Å². The van der Waals surface area contributed by atoms with Crippen LogP contribution in [-0.2, 0) is 56.8 Å². The molecule has 1 N–H and O–H groups in total. The average Bonchev–Trinajstić information content (AvgIpc) is 2.95. The molecule has 0 heterocycles. The molecular weight excluding hydrogens is 518 g/mol. The van der Waals surface area contributed by atoms with E-state index in [2.05, 4.69) is 5.32 Å². The second-order valence-electron chi connectivity index (χ2n) is 7.86. The van der Waals surface area contributed by atoms with E-state index in [4.69, 9.17) is 56.8 Å². The van der Waals surface area contributed by atoms with Crippen molar-refractivity contribution in [2.75, 3.05) is 173 Å². The maximum atomic E-state index is 5.52. The van der Waals surface area contributed by atoms with Gasteiger partial charge in [-0.2, -0.15) is 0 Å². The van der Waals surface area contributed by atoms with Crippen molar-refractivity contribution in [1.29, 1.82) is 0 Å². The molecule has 0 unspecified atom stereocenters. The number of methoxy groups -OCH3 is 2. The second kappa shape index (κ2) is 37.5. The van der Waals surface area contributed by atoms with Crippen LogP contribution in [0.4, 0.5) is 0 Å². The van der Waals surface area contributed by atoms with Gasteiger partial charge in [-0.1, -0.05) is 0 Å². The van der Waals surface area contributed by atoms with Crippen molar-refractivity contribution in [2.24, 2.45) is 0 Å². The van der Waals surface area contributed by atoms with Gasteiger partial charge in [0.25, 0.3) is 0 Å². The van der Waals surface area contributed by atoms with Crippen molar-refractivity contribution in [3.05, 3.63) is 0 Å². The van der Waals surface area contributed by atoms with E-state index in [1.807, 2.05) is 0 Å². The molecule has 0 aromatic rings. The van der Waals surface area contributed by atoms with E-state index in [1.165, 1.54) is 0 Å². The zero-order valence-corrected chi connectivity index (χ0v) is 24.4. The van der Waals surface area contributed by atoms with E-state index in [1.54, 1.807) is 14.2 Å². The summed E-state index contributed by atoms with van der Waals surface area (Å²) in [6.07, 6.45) is 0. The molecule has 0 bridgehead atoms. The maximum Gasteiger partial charge on any atom is 0.0701 e. The van der Waals surface area contributed by atoms with Crippen LogP contribution in [0.5, 0.6) is 0 Å². The fourth-order valence-electron chi connectivity index (χ4n) is 2.66. The minimum atomic E-state index is 0.538. The largest absolute Gasteiger partial charge is 0.382 e. The molecule has 0 saturated heterocycles. The van der Waals surface area contributed by atoms with Crippen LogP contribution in [0.25, 0.3) is 0 Å². The van der Waals surface area contributed by atoms with Crippen molar-refractivity contribution < 1.29 is 56.8 Å². The Labute approximate surface area is 235 Å². The molecule has 39 heavy (non-hydrogen) atoms. The lowest BCUT2D eigenvalue weighted by Gasteiger charge is -2.09. The Morgan fingerprint density at radius 2 is 0.436 bits per heavy atom. The first kappa shape index (κ1) is 38.5. The third-order valence-electron chi connectivity index (χ3n) is 4.69. The predicted octanol–water partition coefficient (Wildman–Crippen LogP) is 0.0348. The van der Waals surface area contributed by atoms with Gasteiger partial charge in [-0.15, -0.1) is 0 Å². The summed E-state index contributed by atoms with van der Waals surface area (Å²) in [4.78, 5) is 0. The summed E-state index contributed by atoms with van der Waals surface area (Å²) in [5, 5.41) is 3.27. The van der Waals surface area contributed by atoms with E-state index >= 15 is 0 Å². The molecule has 0 aromatic heterocycles. The number of hydrogen-bond donors (Lipinski definition) is 1. The number of hydrogen-bond acceptors (Lipinski definition) is 13. The van der Waals surface area contributed by atoms with E-state index < -0.39 is 0 Å². The monoisotopic (exact) mass is 573 g/mol. The Bertz CT molecular complexity index is 390. The van der Waals surface area contributed by atoms with Crippen molar-refractivity contribution in [3.8, 4) is 0 Å². The first-order chi connectivity index (χ1) is 19.4. The first-order valence-corrected chi connectivity index (χ1v) is 13.9. The summed E-state index contributed by atoms with van der Waals surface area (Å²) in [5.74, 6) is 0. The molecule has 0 aliphatic heterocycles. The molecule has 0 fully saturated rings. The summed E-state index contributed by atoms with van der Waals surface area (Å²) < 4.78 is 64.0. The lowest BCUT2D eigenvalue weighted by Crippen LogP contribution is -2.25. The predicted molar refractivity (Wildman–Crippen MR) is 145 cm³/mol. The van der Waals surface area contributed by atoms with E-state index in [-0.39, 0.29) is 0 Å². The average molecular weight is 574 g/mol. The molecule has 13 nitrogen and oxygen atoms in total. The molecule has 0 amide bonds. The van der Waals surface area contributed by atoms with Gasteiger partial charge in [0.2, 0.25) is 0 Å². The minimum Gasteiger partial charge on any atom is -0.382 e. The molecule has 0 atom stereocenters. The molecule has 0 saturated carbocycles. The smallest absolute Gasteiger partial charge is 0.0701 e. The highest BCUT2D eigenvalue weighted by Gasteiger charge is 1.96. The minimum absolute atomic E-state index is 0.538. The van der Waals surface area contributed by atoms with Crippen LogP contribution in [-0.4, -0.2) is 173 Å². The highest BCUT2D eigenvalue weighted by molar-refractivity contribution is 4.45. The van der Waals surface area contributed by atoms with Crippen LogP contribution in [0.15, 0.2) is 0 Å². The van der Waals surface area contributed by atoms with Crippen molar-refractivity contribution >= 4 is 0 Å². The summed E-state index contributed by atoms with van der Waals surface area (Å²) in [6, 6.07) is 0. The second-order valence-corrected chi connectivity index (χ2v) is 7.86. The van der Waals surface area contributed by atoms with E-state index in [9.17, 15) is 0 Å². The van der Waals surface area contributed by atoms with Crippen LogP contribution in [0.1, 0.15) is 0 Å². The van der Waals surface area contributed by atoms with Gasteiger partial charge < -0.3 is 62.2 Å². The molecule has 0 aromatic carbocycles. The quantitative estimate of drug-likeness (QED) is 0.102. The summed E-state index contributed by atoms with van der Waals surface area (Å²) in [7, 11) is 3.30. The van der Waals surface area contributed by atoms with Crippen LogP contribution >= 0.6 is 0 Å². The van der Waals surface area contributed by atoms with Crippen molar-refractivity contribution in [2.45, 2.75) is 0 Å². The fraction of sp³-hybridized carbons (Fsp3) is 1.00. The third-order valence-corrected chi connectivity index (χ3v) is 4.69. The SMILES string of the molecule is COCCOCCOCCOCCOCCOCCNCCOCCOCCOCCOCCOCCOC. The lowest BCUT2D eigenvalue weighted by atomic mass is 10.6. The first-order valence-electron chi connectivity index (χ1n) is 13.9. The van der Waals surface area contributed by atoms with Gasteiger partial charge >= 0.3 is 0 Å². The summed E-state index contributed by atoms with van der Waals surface area (Å²) in [5.41, 5.74) is 0. The van der Waals surface area contributed by atoms with E-state index in [0.717, 1.165) is 13.1 Å². The molecule has 236 valence electrons. The van der Waals surface area contributed by atoms with Gasteiger partial charge in [0, 0.05) is 27.3 Å². The van der Waals surface area contributed by atoms with Gasteiger partial charge in [0.05, 0.1) is 145 Å². The highest BCUT2D eigenvalue weighted by Crippen LogP contribution is 1.86. The Morgan fingerprint density at radius 3 is 0.641 bits per heavy atom. The topological polar surface area (TPSA) is 123 Å². The molecule has 0 radical (unpaired) electrons. The Balaban J connectivity index is 3.01. The zero-order valence-electron chi connectivity index (χ0n) is 24.4.